The summed E-state index contributed by atoms with van der Waals surface area (Å²) in [6.07, 6.45) is 13.5. The monoisotopic (exact) mass is 252 g/mol. The zero-order valence-corrected chi connectivity index (χ0v) is 11.8. The topological polar surface area (TPSA) is 26.3 Å². The summed E-state index contributed by atoms with van der Waals surface area (Å²) in [6.45, 7) is 5.93. The fraction of sp³-hybridized carbons (Fsp3) is 0.812. The number of cyclic esters (lactones) is 1. The molecule has 104 valence electrons. The second kappa shape index (κ2) is 9.18. The first-order valence-corrected chi connectivity index (χ1v) is 7.59. The van der Waals surface area contributed by atoms with Crippen molar-refractivity contribution >= 4 is 5.97 Å². The van der Waals surface area contributed by atoms with Crippen LogP contribution in [-0.4, -0.2) is 12.1 Å². The fourth-order valence-electron chi connectivity index (χ4n) is 2.61. The third-order valence-electron chi connectivity index (χ3n) is 3.75. The lowest BCUT2D eigenvalue weighted by Crippen LogP contribution is -2.07. The number of rotatable bonds is 10. The summed E-state index contributed by atoms with van der Waals surface area (Å²) in [5.41, 5.74) is 0. The van der Waals surface area contributed by atoms with E-state index >= 15 is 0 Å². The Morgan fingerprint density at radius 2 is 2.00 bits per heavy atom. The molecule has 2 heteroatoms. The van der Waals surface area contributed by atoms with Crippen LogP contribution in [-0.2, 0) is 9.53 Å². The number of esters is 1. The number of allylic oxidation sites excluding steroid dienone is 1. The minimum Gasteiger partial charge on any atom is -0.462 e. The molecule has 0 aromatic carbocycles. The second-order valence-electron chi connectivity index (χ2n) is 5.41. The summed E-state index contributed by atoms with van der Waals surface area (Å²) in [4.78, 5) is 11.7. The highest BCUT2D eigenvalue weighted by Gasteiger charge is 2.33. The van der Waals surface area contributed by atoms with Gasteiger partial charge in [-0.05, 0) is 38.5 Å². The zero-order valence-electron chi connectivity index (χ0n) is 11.8. The molecule has 0 radical (unpaired) electrons. The first-order chi connectivity index (χ1) is 8.77. The van der Waals surface area contributed by atoms with Crippen molar-refractivity contribution in [2.45, 2.75) is 77.2 Å². The van der Waals surface area contributed by atoms with Gasteiger partial charge in [-0.1, -0.05) is 38.7 Å². The lowest BCUT2D eigenvalue weighted by molar-refractivity contribution is -0.144. The smallest absolute Gasteiger partial charge is 0.309 e. The van der Waals surface area contributed by atoms with Crippen LogP contribution in [0, 0.1) is 5.92 Å². The number of unbranched alkanes of at least 4 members (excludes halogenated alkanes) is 5. The molecule has 1 saturated heterocycles. The van der Waals surface area contributed by atoms with Gasteiger partial charge >= 0.3 is 5.97 Å². The van der Waals surface area contributed by atoms with Crippen molar-refractivity contribution in [1.29, 1.82) is 0 Å². The molecule has 0 aromatic heterocycles. The molecule has 0 saturated carbocycles. The van der Waals surface area contributed by atoms with E-state index in [2.05, 4.69) is 13.5 Å². The first kappa shape index (κ1) is 15.3. The average Bonchev–Trinajstić information content (AvgIpc) is 2.71. The second-order valence-corrected chi connectivity index (χ2v) is 5.41. The molecule has 1 aliphatic heterocycles. The van der Waals surface area contributed by atoms with Gasteiger partial charge in [0.25, 0.3) is 0 Å². The van der Waals surface area contributed by atoms with Crippen LogP contribution >= 0.6 is 0 Å². The molecule has 0 spiro atoms. The van der Waals surface area contributed by atoms with Gasteiger partial charge in [0, 0.05) is 0 Å². The van der Waals surface area contributed by atoms with Gasteiger partial charge < -0.3 is 4.74 Å². The molecular formula is C16H28O2. The Kier molecular flexibility index (Phi) is 7.79. The molecule has 0 aliphatic carbocycles. The molecule has 0 bridgehead atoms. The molecule has 0 aromatic rings. The number of ether oxygens (including phenoxy) is 1. The zero-order chi connectivity index (χ0) is 13.2. The van der Waals surface area contributed by atoms with E-state index in [0.717, 1.165) is 38.5 Å². The van der Waals surface area contributed by atoms with Gasteiger partial charge in [-0.25, -0.2) is 0 Å². The Hall–Kier alpha value is -0.790. The number of carbonyl (C=O) groups excluding carboxylic acids is 1. The molecular weight excluding hydrogens is 224 g/mol. The summed E-state index contributed by atoms with van der Waals surface area (Å²) in [5.74, 6) is 0.222. The van der Waals surface area contributed by atoms with Crippen molar-refractivity contribution in [3.05, 3.63) is 12.7 Å². The maximum absolute atomic E-state index is 11.7. The van der Waals surface area contributed by atoms with E-state index < -0.39 is 0 Å². The van der Waals surface area contributed by atoms with Crippen molar-refractivity contribution < 1.29 is 9.53 Å². The summed E-state index contributed by atoms with van der Waals surface area (Å²) in [5, 5.41) is 0. The molecule has 0 amide bonds. The van der Waals surface area contributed by atoms with Crippen LogP contribution < -0.4 is 0 Å². The normalized spacial score (nSPS) is 23.1. The number of carbonyl (C=O) groups is 1. The van der Waals surface area contributed by atoms with Crippen molar-refractivity contribution in [2.24, 2.45) is 5.92 Å². The number of hydrogen-bond acceptors (Lipinski definition) is 2. The lowest BCUT2D eigenvalue weighted by atomic mass is 9.96. The number of hydrogen-bond donors (Lipinski definition) is 0. The minimum absolute atomic E-state index is 0.0501. The lowest BCUT2D eigenvalue weighted by Gasteiger charge is -2.07. The van der Waals surface area contributed by atoms with Crippen LogP contribution in [0.4, 0.5) is 0 Å². The van der Waals surface area contributed by atoms with Crippen molar-refractivity contribution in [1.82, 2.24) is 0 Å². The molecule has 2 nitrogen and oxygen atoms in total. The summed E-state index contributed by atoms with van der Waals surface area (Å²) >= 11 is 0. The van der Waals surface area contributed by atoms with E-state index in [1.807, 2.05) is 6.08 Å². The molecule has 2 unspecified atom stereocenters. The van der Waals surface area contributed by atoms with Crippen LogP contribution in [0.1, 0.15) is 71.1 Å². The third kappa shape index (κ3) is 5.70. The fourth-order valence-corrected chi connectivity index (χ4v) is 2.61. The Labute approximate surface area is 112 Å². The van der Waals surface area contributed by atoms with Gasteiger partial charge in [0.15, 0.2) is 0 Å². The first-order valence-electron chi connectivity index (χ1n) is 7.59. The van der Waals surface area contributed by atoms with Crippen molar-refractivity contribution in [2.75, 3.05) is 0 Å². The Morgan fingerprint density at radius 1 is 1.22 bits per heavy atom. The maximum Gasteiger partial charge on any atom is 0.309 e. The SMILES string of the molecule is C=CCCCCC1CC(CCCCCC)OC1=O. The quantitative estimate of drug-likeness (QED) is 0.322. The maximum atomic E-state index is 11.7. The Balaban J connectivity index is 2.12. The van der Waals surface area contributed by atoms with E-state index in [9.17, 15) is 4.79 Å². The largest absolute Gasteiger partial charge is 0.462 e. The highest BCUT2D eigenvalue weighted by Crippen LogP contribution is 2.28. The summed E-state index contributed by atoms with van der Waals surface area (Å²) in [6, 6.07) is 0. The summed E-state index contributed by atoms with van der Waals surface area (Å²) in [7, 11) is 0. The molecule has 1 rings (SSSR count). The van der Waals surface area contributed by atoms with Gasteiger partial charge in [0.1, 0.15) is 6.10 Å². The summed E-state index contributed by atoms with van der Waals surface area (Å²) < 4.78 is 5.45. The van der Waals surface area contributed by atoms with E-state index in [0.29, 0.717) is 0 Å². The highest BCUT2D eigenvalue weighted by molar-refractivity contribution is 5.74. The molecule has 2 atom stereocenters. The van der Waals surface area contributed by atoms with Crippen molar-refractivity contribution in [3.8, 4) is 0 Å². The molecule has 18 heavy (non-hydrogen) atoms. The predicted octanol–water partition coefficient (Wildman–Crippen LogP) is 4.63. The molecule has 0 N–H and O–H groups in total. The van der Waals surface area contributed by atoms with Gasteiger partial charge in [0.05, 0.1) is 5.92 Å². The Bertz CT molecular complexity index is 247. The van der Waals surface area contributed by atoms with Crippen LogP contribution in [0.15, 0.2) is 12.7 Å². The van der Waals surface area contributed by atoms with E-state index in [4.69, 9.17) is 4.74 Å². The van der Waals surface area contributed by atoms with Crippen LogP contribution in [0.25, 0.3) is 0 Å². The van der Waals surface area contributed by atoms with Crippen LogP contribution in [0.3, 0.4) is 0 Å². The van der Waals surface area contributed by atoms with E-state index in [1.165, 1.54) is 25.7 Å². The Morgan fingerprint density at radius 3 is 2.72 bits per heavy atom. The minimum atomic E-state index is 0.0501. The predicted molar refractivity (Wildman–Crippen MR) is 75.4 cm³/mol. The average molecular weight is 252 g/mol. The molecule has 1 heterocycles. The van der Waals surface area contributed by atoms with Crippen LogP contribution in [0.2, 0.25) is 0 Å². The molecule has 1 fully saturated rings. The standard InChI is InChI=1S/C16H28O2/c1-3-5-7-9-11-14-13-15(18-16(14)17)12-10-8-6-4-2/h3,14-15H,1,4-13H2,2H3. The highest BCUT2D eigenvalue weighted by atomic mass is 16.5. The van der Waals surface area contributed by atoms with Gasteiger partial charge in [0.2, 0.25) is 0 Å². The van der Waals surface area contributed by atoms with E-state index in [1.54, 1.807) is 0 Å². The van der Waals surface area contributed by atoms with Gasteiger partial charge in [-0.3, -0.25) is 4.79 Å². The van der Waals surface area contributed by atoms with Gasteiger partial charge in [-0.2, -0.15) is 0 Å². The van der Waals surface area contributed by atoms with Gasteiger partial charge in [-0.15, -0.1) is 6.58 Å². The van der Waals surface area contributed by atoms with E-state index in [-0.39, 0.29) is 18.0 Å². The van der Waals surface area contributed by atoms with Crippen LogP contribution in [0.5, 0.6) is 0 Å². The molecule has 1 aliphatic rings. The van der Waals surface area contributed by atoms with Crippen molar-refractivity contribution in [3.63, 3.8) is 0 Å². The third-order valence-corrected chi connectivity index (χ3v) is 3.75.